The maximum Gasteiger partial charge on any atom is 0.339 e. The molecule has 0 saturated carbocycles. The minimum absolute atomic E-state index is 0.0424. The molecule has 6 nitrogen and oxygen atoms in total. The summed E-state index contributed by atoms with van der Waals surface area (Å²) in [4.78, 5) is 17.4. The van der Waals surface area contributed by atoms with Crippen LogP contribution in [0.1, 0.15) is 21.6 Å². The zero-order valence-electron chi connectivity index (χ0n) is 10.9. The lowest BCUT2D eigenvalue weighted by Gasteiger charge is -2.29. The van der Waals surface area contributed by atoms with Gasteiger partial charge in [0.2, 0.25) is 0 Å². The summed E-state index contributed by atoms with van der Waals surface area (Å²) in [6.07, 6.45) is 0. The van der Waals surface area contributed by atoms with Gasteiger partial charge >= 0.3 is 5.97 Å². The molecule has 0 atom stereocenters. The molecular weight excluding hydrogens is 268 g/mol. The molecule has 0 bridgehead atoms. The van der Waals surface area contributed by atoms with Crippen LogP contribution in [-0.2, 0) is 9.84 Å². The Bertz CT molecular complexity index is 611. The SMILES string of the molecule is Cc1cc(C)c(C(=O)O)c(N2CCS(=O)(=O)CC2)n1. The fourth-order valence-electron chi connectivity index (χ4n) is 2.23. The van der Waals surface area contributed by atoms with Gasteiger partial charge in [0.15, 0.2) is 9.84 Å². The largest absolute Gasteiger partial charge is 0.478 e. The summed E-state index contributed by atoms with van der Waals surface area (Å²) >= 11 is 0. The molecule has 1 aliphatic rings. The summed E-state index contributed by atoms with van der Waals surface area (Å²) < 4.78 is 22.8. The first-order chi connectivity index (χ1) is 8.80. The van der Waals surface area contributed by atoms with Crippen LogP contribution in [0.25, 0.3) is 0 Å². The van der Waals surface area contributed by atoms with Crippen molar-refractivity contribution in [2.45, 2.75) is 13.8 Å². The van der Waals surface area contributed by atoms with E-state index in [1.807, 2.05) is 0 Å². The first kappa shape index (κ1) is 13.8. The van der Waals surface area contributed by atoms with Gasteiger partial charge in [-0.3, -0.25) is 0 Å². The number of hydrogen-bond donors (Lipinski definition) is 1. The molecular formula is C12H16N2O4S. The van der Waals surface area contributed by atoms with Crippen LogP contribution >= 0.6 is 0 Å². The zero-order chi connectivity index (χ0) is 14.2. The molecule has 0 unspecified atom stereocenters. The molecule has 1 aromatic heterocycles. The number of carbonyl (C=O) groups is 1. The third-order valence-electron chi connectivity index (χ3n) is 3.18. The fourth-order valence-corrected chi connectivity index (χ4v) is 3.44. The van der Waals surface area contributed by atoms with E-state index in [1.165, 1.54) is 0 Å². The number of sulfone groups is 1. The number of rotatable bonds is 2. The number of anilines is 1. The Labute approximate surface area is 112 Å². The smallest absolute Gasteiger partial charge is 0.339 e. The van der Waals surface area contributed by atoms with Crippen molar-refractivity contribution in [3.63, 3.8) is 0 Å². The summed E-state index contributed by atoms with van der Waals surface area (Å²) in [5.41, 5.74) is 1.53. The number of aromatic nitrogens is 1. The van der Waals surface area contributed by atoms with Crippen molar-refractivity contribution in [1.82, 2.24) is 4.98 Å². The van der Waals surface area contributed by atoms with Crippen molar-refractivity contribution in [3.8, 4) is 0 Å². The molecule has 0 aliphatic carbocycles. The number of aromatic carboxylic acids is 1. The normalized spacial score (nSPS) is 18.3. The molecule has 1 fully saturated rings. The van der Waals surface area contributed by atoms with E-state index < -0.39 is 15.8 Å². The van der Waals surface area contributed by atoms with Crippen molar-refractivity contribution in [3.05, 3.63) is 22.9 Å². The highest BCUT2D eigenvalue weighted by molar-refractivity contribution is 7.91. The minimum atomic E-state index is -2.99. The van der Waals surface area contributed by atoms with Gasteiger partial charge in [-0.2, -0.15) is 0 Å². The van der Waals surface area contributed by atoms with E-state index >= 15 is 0 Å². The number of aryl methyl sites for hydroxylation is 2. The van der Waals surface area contributed by atoms with E-state index in [9.17, 15) is 18.3 Å². The Morgan fingerprint density at radius 3 is 2.42 bits per heavy atom. The van der Waals surface area contributed by atoms with E-state index in [0.717, 1.165) is 5.69 Å². The molecule has 1 N–H and O–H groups in total. The molecule has 104 valence electrons. The minimum Gasteiger partial charge on any atom is -0.478 e. The maximum absolute atomic E-state index is 11.4. The predicted octanol–water partition coefficient (Wildman–Crippen LogP) is 0.631. The first-order valence-corrected chi connectivity index (χ1v) is 7.79. The predicted molar refractivity (Wildman–Crippen MR) is 71.5 cm³/mol. The van der Waals surface area contributed by atoms with Gasteiger partial charge in [-0.25, -0.2) is 18.2 Å². The second kappa shape index (κ2) is 4.80. The van der Waals surface area contributed by atoms with Crippen LogP contribution in [0.15, 0.2) is 6.07 Å². The van der Waals surface area contributed by atoms with Gasteiger partial charge in [0.1, 0.15) is 11.4 Å². The average Bonchev–Trinajstić information content (AvgIpc) is 2.26. The van der Waals surface area contributed by atoms with Crippen molar-refractivity contribution >= 4 is 21.6 Å². The number of carboxylic acids is 1. The Kier molecular flexibility index (Phi) is 3.49. The Morgan fingerprint density at radius 1 is 1.32 bits per heavy atom. The van der Waals surface area contributed by atoms with Gasteiger partial charge in [-0.15, -0.1) is 0 Å². The van der Waals surface area contributed by atoms with E-state index in [2.05, 4.69) is 4.98 Å². The highest BCUT2D eigenvalue weighted by Crippen LogP contribution is 2.24. The van der Waals surface area contributed by atoms with E-state index in [4.69, 9.17) is 0 Å². The van der Waals surface area contributed by atoms with Crippen LogP contribution in [0.5, 0.6) is 0 Å². The second-order valence-corrected chi connectivity index (χ2v) is 7.03. The van der Waals surface area contributed by atoms with Crippen molar-refractivity contribution in [2.75, 3.05) is 29.5 Å². The number of hydrogen-bond acceptors (Lipinski definition) is 5. The number of pyridine rings is 1. The van der Waals surface area contributed by atoms with E-state index in [-0.39, 0.29) is 17.1 Å². The van der Waals surface area contributed by atoms with E-state index in [0.29, 0.717) is 24.5 Å². The van der Waals surface area contributed by atoms with E-state index in [1.54, 1.807) is 24.8 Å². The standard InChI is InChI=1S/C12H16N2O4S/c1-8-7-9(2)13-11(10(8)12(15)16)14-3-5-19(17,18)6-4-14/h7H,3-6H2,1-2H3,(H,15,16). The Hall–Kier alpha value is -1.63. The molecule has 7 heteroatoms. The first-order valence-electron chi connectivity index (χ1n) is 5.97. The average molecular weight is 284 g/mol. The maximum atomic E-state index is 11.4. The zero-order valence-corrected chi connectivity index (χ0v) is 11.7. The molecule has 19 heavy (non-hydrogen) atoms. The molecule has 1 aromatic rings. The molecule has 0 radical (unpaired) electrons. The third-order valence-corrected chi connectivity index (χ3v) is 4.79. The van der Waals surface area contributed by atoms with Gasteiger partial charge in [-0.1, -0.05) is 0 Å². The van der Waals surface area contributed by atoms with Gasteiger partial charge < -0.3 is 10.0 Å². The summed E-state index contributed by atoms with van der Waals surface area (Å²) in [6.45, 7) is 4.10. The van der Waals surface area contributed by atoms with Gasteiger partial charge in [0, 0.05) is 18.8 Å². The lowest BCUT2D eigenvalue weighted by molar-refractivity contribution is 0.0696. The summed E-state index contributed by atoms with van der Waals surface area (Å²) in [6, 6.07) is 1.72. The summed E-state index contributed by atoms with van der Waals surface area (Å²) in [5, 5.41) is 9.29. The topological polar surface area (TPSA) is 87.6 Å². The van der Waals surface area contributed by atoms with Gasteiger partial charge in [0.05, 0.1) is 11.5 Å². The van der Waals surface area contributed by atoms with Crippen LogP contribution in [0.4, 0.5) is 5.82 Å². The fraction of sp³-hybridized carbons (Fsp3) is 0.500. The molecule has 2 heterocycles. The monoisotopic (exact) mass is 284 g/mol. The van der Waals surface area contributed by atoms with Crippen LogP contribution < -0.4 is 4.90 Å². The lowest BCUT2D eigenvalue weighted by Crippen LogP contribution is -2.41. The Morgan fingerprint density at radius 2 is 1.89 bits per heavy atom. The van der Waals surface area contributed by atoms with Crippen LogP contribution in [0.3, 0.4) is 0 Å². The molecule has 0 amide bonds. The Balaban J connectivity index is 2.42. The van der Waals surface area contributed by atoms with Crippen LogP contribution in [0, 0.1) is 13.8 Å². The number of nitrogens with zero attached hydrogens (tertiary/aromatic N) is 2. The molecule has 1 aliphatic heterocycles. The second-order valence-electron chi connectivity index (χ2n) is 4.72. The number of carboxylic acid groups (broad SMARTS) is 1. The quantitative estimate of drug-likeness (QED) is 0.857. The highest BCUT2D eigenvalue weighted by atomic mass is 32.2. The van der Waals surface area contributed by atoms with Gasteiger partial charge in [0.25, 0.3) is 0 Å². The summed E-state index contributed by atoms with van der Waals surface area (Å²) in [5.74, 6) is -0.574. The molecule has 0 aromatic carbocycles. The molecule has 1 saturated heterocycles. The van der Waals surface area contributed by atoms with Crippen LogP contribution in [0.2, 0.25) is 0 Å². The summed E-state index contributed by atoms with van der Waals surface area (Å²) in [7, 11) is -2.99. The highest BCUT2D eigenvalue weighted by Gasteiger charge is 2.26. The van der Waals surface area contributed by atoms with Crippen molar-refractivity contribution < 1.29 is 18.3 Å². The third kappa shape index (κ3) is 2.86. The lowest BCUT2D eigenvalue weighted by atomic mass is 10.1. The van der Waals surface area contributed by atoms with Crippen molar-refractivity contribution in [1.29, 1.82) is 0 Å². The molecule has 2 rings (SSSR count). The molecule has 0 spiro atoms. The van der Waals surface area contributed by atoms with Crippen LogP contribution in [-0.4, -0.2) is 49.1 Å². The van der Waals surface area contributed by atoms with Crippen molar-refractivity contribution in [2.24, 2.45) is 0 Å². The van der Waals surface area contributed by atoms with Gasteiger partial charge in [-0.05, 0) is 25.5 Å².